The summed E-state index contributed by atoms with van der Waals surface area (Å²) in [5, 5.41) is 0.139. The fraction of sp³-hybridized carbons (Fsp3) is 0.588. The van der Waals surface area contributed by atoms with Crippen molar-refractivity contribution in [3.8, 4) is 5.75 Å². The van der Waals surface area contributed by atoms with E-state index in [4.69, 9.17) is 4.74 Å². The van der Waals surface area contributed by atoms with Gasteiger partial charge in [0.1, 0.15) is 5.75 Å². The van der Waals surface area contributed by atoms with E-state index in [1.807, 2.05) is 23.9 Å². The molecule has 3 heteroatoms. The average Bonchev–Trinajstić information content (AvgIpc) is 2.71. The monoisotopic (exact) mass is 290 g/mol. The van der Waals surface area contributed by atoms with Gasteiger partial charge in [0, 0.05) is 4.75 Å². The first-order valence-electron chi connectivity index (χ1n) is 7.52. The number of ether oxygens (including phenoxy) is 1. The van der Waals surface area contributed by atoms with Gasteiger partial charge in [-0.3, -0.25) is 4.79 Å². The molecule has 1 aliphatic carbocycles. The number of Topliss-reactive ketones (excluding diaryl/α,β-unsaturated/α-hetero) is 1. The summed E-state index contributed by atoms with van der Waals surface area (Å²) in [5.74, 6) is 1.35. The Morgan fingerprint density at radius 2 is 1.80 bits per heavy atom. The van der Waals surface area contributed by atoms with E-state index in [9.17, 15) is 4.79 Å². The Morgan fingerprint density at radius 1 is 1.15 bits per heavy atom. The summed E-state index contributed by atoms with van der Waals surface area (Å²) in [7, 11) is 1.68. The minimum Gasteiger partial charge on any atom is -0.497 e. The Morgan fingerprint density at radius 3 is 2.40 bits per heavy atom. The SMILES string of the molecule is COc1ccc([C@H]2C(=O)[C@H](C)SC23CCCCC3)cc1. The van der Waals surface area contributed by atoms with Gasteiger partial charge >= 0.3 is 0 Å². The van der Waals surface area contributed by atoms with Crippen molar-refractivity contribution in [3.63, 3.8) is 0 Å². The number of thioether (sulfide) groups is 1. The molecule has 1 aliphatic heterocycles. The molecule has 0 radical (unpaired) electrons. The zero-order valence-corrected chi connectivity index (χ0v) is 13.0. The first-order chi connectivity index (χ1) is 9.66. The first-order valence-corrected chi connectivity index (χ1v) is 8.40. The predicted octanol–water partition coefficient (Wildman–Crippen LogP) is 4.19. The summed E-state index contributed by atoms with van der Waals surface area (Å²) in [6.45, 7) is 2.08. The number of benzene rings is 1. The summed E-state index contributed by atoms with van der Waals surface area (Å²) in [6, 6.07) is 8.12. The Kier molecular flexibility index (Phi) is 3.80. The van der Waals surface area contributed by atoms with Crippen LogP contribution in [0.3, 0.4) is 0 Å². The highest BCUT2D eigenvalue weighted by Crippen LogP contribution is 2.57. The summed E-state index contributed by atoms with van der Waals surface area (Å²) < 4.78 is 5.38. The van der Waals surface area contributed by atoms with Crippen LogP contribution < -0.4 is 4.74 Å². The lowest BCUT2D eigenvalue weighted by atomic mass is 9.74. The molecule has 1 spiro atoms. The van der Waals surface area contributed by atoms with E-state index in [0.717, 1.165) is 5.75 Å². The Hall–Kier alpha value is -0.960. The maximum Gasteiger partial charge on any atom is 0.154 e. The number of carbonyl (C=O) groups is 1. The predicted molar refractivity (Wildman–Crippen MR) is 83.6 cm³/mol. The zero-order valence-electron chi connectivity index (χ0n) is 12.2. The Balaban J connectivity index is 1.96. The summed E-state index contributed by atoms with van der Waals surface area (Å²) >= 11 is 1.93. The highest BCUT2D eigenvalue weighted by Gasteiger charge is 2.52. The van der Waals surface area contributed by atoms with Gasteiger partial charge in [-0.15, -0.1) is 11.8 Å². The molecule has 108 valence electrons. The highest BCUT2D eigenvalue weighted by molar-refractivity contribution is 8.02. The molecule has 2 nitrogen and oxygen atoms in total. The number of carbonyl (C=O) groups excluding carboxylic acids is 1. The standard InChI is InChI=1S/C17H22O2S/c1-12-16(18)15(13-6-8-14(19-2)9-7-13)17(20-12)10-4-3-5-11-17/h6-9,12,15H,3-5,10-11H2,1-2H3/t12-,15-/m0/s1. The van der Waals surface area contributed by atoms with Crippen molar-refractivity contribution < 1.29 is 9.53 Å². The van der Waals surface area contributed by atoms with Crippen molar-refractivity contribution in [1.29, 1.82) is 0 Å². The molecule has 0 N–H and O–H groups in total. The smallest absolute Gasteiger partial charge is 0.154 e. The molecule has 0 bridgehead atoms. The average molecular weight is 290 g/mol. The number of methoxy groups -OCH3 is 1. The van der Waals surface area contributed by atoms with Crippen LogP contribution >= 0.6 is 11.8 Å². The van der Waals surface area contributed by atoms with Crippen LogP contribution in [-0.2, 0) is 4.79 Å². The van der Waals surface area contributed by atoms with Crippen molar-refractivity contribution in [2.75, 3.05) is 7.11 Å². The van der Waals surface area contributed by atoms with Crippen LogP contribution in [0.5, 0.6) is 5.75 Å². The van der Waals surface area contributed by atoms with Gasteiger partial charge in [0.05, 0.1) is 18.3 Å². The van der Waals surface area contributed by atoms with Gasteiger partial charge in [-0.1, -0.05) is 31.4 Å². The van der Waals surface area contributed by atoms with Crippen LogP contribution in [0.25, 0.3) is 0 Å². The molecule has 1 saturated carbocycles. The van der Waals surface area contributed by atoms with E-state index < -0.39 is 0 Å². The summed E-state index contributed by atoms with van der Waals surface area (Å²) in [6.07, 6.45) is 6.22. The second kappa shape index (κ2) is 5.44. The lowest BCUT2D eigenvalue weighted by Crippen LogP contribution is -2.34. The fourth-order valence-electron chi connectivity index (χ4n) is 3.79. The number of rotatable bonds is 2. The summed E-state index contributed by atoms with van der Waals surface area (Å²) in [4.78, 5) is 12.7. The maximum atomic E-state index is 12.7. The minimum absolute atomic E-state index is 0.0775. The number of ketones is 1. The van der Waals surface area contributed by atoms with Gasteiger partial charge in [0.15, 0.2) is 5.78 Å². The normalized spacial score (nSPS) is 28.8. The van der Waals surface area contributed by atoms with E-state index in [-0.39, 0.29) is 15.9 Å². The van der Waals surface area contributed by atoms with Crippen molar-refractivity contribution in [2.45, 2.75) is 54.9 Å². The molecule has 3 rings (SSSR count). The van der Waals surface area contributed by atoms with Gasteiger partial charge in [-0.2, -0.15) is 0 Å². The third-order valence-electron chi connectivity index (χ3n) is 4.77. The molecule has 0 amide bonds. The van der Waals surface area contributed by atoms with Crippen LogP contribution in [0.1, 0.15) is 50.5 Å². The van der Waals surface area contributed by atoms with Crippen molar-refractivity contribution in [2.24, 2.45) is 0 Å². The molecule has 1 aromatic carbocycles. The zero-order chi connectivity index (χ0) is 14.2. The Labute approximate surface area is 125 Å². The van der Waals surface area contributed by atoms with E-state index >= 15 is 0 Å². The largest absolute Gasteiger partial charge is 0.497 e. The van der Waals surface area contributed by atoms with Gasteiger partial charge < -0.3 is 4.74 Å². The van der Waals surface area contributed by atoms with E-state index in [2.05, 4.69) is 19.1 Å². The molecule has 20 heavy (non-hydrogen) atoms. The van der Waals surface area contributed by atoms with Gasteiger partial charge in [0.25, 0.3) is 0 Å². The van der Waals surface area contributed by atoms with Crippen LogP contribution in [0.4, 0.5) is 0 Å². The molecule has 2 aliphatic rings. The van der Waals surface area contributed by atoms with E-state index in [1.165, 1.54) is 37.7 Å². The fourth-order valence-corrected chi connectivity index (χ4v) is 5.66. The maximum absolute atomic E-state index is 12.7. The Bertz CT molecular complexity index is 488. The van der Waals surface area contributed by atoms with Gasteiger partial charge in [0.2, 0.25) is 0 Å². The third-order valence-corrected chi connectivity index (χ3v) is 6.47. The van der Waals surface area contributed by atoms with Crippen LogP contribution in [0.15, 0.2) is 24.3 Å². The quantitative estimate of drug-likeness (QED) is 0.817. The van der Waals surface area contributed by atoms with Gasteiger partial charge in [-0.05, 0) is 37.5 Å². The van der Waals surface area contributed by atoms with Crippen molar-refractivity contribution in [3.05, 3.63) is 29.8 Å². The van der Waals surface area contributed by atoms with Crippen LogP contribution in [0.2, 0.25) is 0 Å². The molecular weight excluding hydrogens is 268 g/mol. The van der Waals surface area contributed by atoms with Crippen LogP contribution in [0, 0.1) is 0 Å². The van der Waals surface area contributed by atoms with Crippen molar-refractivity contribution in [1.82, 2.24) is 0 Å². The molecule has 1 aromatic rings. The van der Waals surface area contributed by atoms with E-state index in [1.54, 1.807) is 7.11 Å². The topological polar surface area (TPSA) is 26.3 Å². The second-order valence-electron chi connectivity index (χ2n) is 5.99. The highest BCUT2D eigenvalue weighted by atomic mass is 32.2. The molecule has 2 atom stereocenters. The first kappa shape index (κ1) is 14.0. The number of hydrogen-bond donors (Lipinski definition) is 0. The van der Waals surface area contributed by atoms with Gasteiger partial charge in [-0.25, -0.2) is 0 Å². The lowest BCUT2D eigenvalue weighted by molar-refractivity contribution is -0.119. The van der Waals surface area contributed by atoms with Crippen LogP contribution in [-0.4, -0.2) is 22.9 Å². The molecule has 0 unspecified atom stereocenters. The number of hydrogen-bond acceptors (Lipinski definition) is 3. The molecular formula is C17H22O2S. The molecule has 1 heterocycles. The molecule has 1 saturated heterocycles. The summed E-state index contributed by atoms with van der Waals surface area (Å²) in [5.41, 5.74) is 1.18. The molecule has 2 fully saturated rings. The second-order valence-corrected chi connectivity index (χ2v) is 7.75. The van der Waals surface area contributed by atoms with Crippen molar-refractivity contribution >= 4 is 17.5 Å². The molecule has 0 aromatic heterocycles. The van der Waals surface area contributed by atoms with E-state index in [0.29, 0.717) is 5.78 Å². The third kappa shape index (κ3) is 2.26. The lowest BCUT2D eigenvalue weighted by Gasteiger charge is -2.37. The minimum atomic E-state index is 0.0775.